The molecule has 1 amide bonds. The largest absolute Gasteiger partial charge is 0.324 e. The lowest BCUT2D eigenvalue weighted by atomic mass is 10.3. The van der Waals surface area contributed by atoms with E-state index in [1.54, 1.807) is 54.6 Å². The van der Waals surface area contributed by atoms with Crippen molar-refractivity contribution in [1.29, 1.82) is 0 Å². The highest BCUT2D eigenvalue weighted by atomic mass is 79.9. The van der Waals surface area contributed by atoms with Gasteiger partial charge in [-0.25, -0.2) is 8.42 Å². The Labute approximate surface area is 187 Å². The van der Waals surface area contributed by atoms with E-state index in [-0.39, 0.29) is 10.6 Å². The van der Waals surface area contributed by atoms with Gasteiger partial charge in [0.05, 0.1) is 15.6 Å². The van der Waals surface area contributed by atoms with Crippen molar-refractivity contribution < 1.29 is 13.2 Å². The first-order chi connectivity index (χ1) is 13.8. The Balaban J connectivity index is 1.93. The van der Waals surface area contributed by atoms with E-state index >= 15 is 0 Å². The summed E-state index contributed by atoms with van der Waals surface area (Å²) in [6.45, 7) is -0.439. The molecule has 1 N–H and O–H groups in total. The Bertz CT molecular complexity index is 1140. The van der Waals surface area contributed by atoms with E-state index < -0.39 is 22.5 Å². The van der Waals surface area contributed by atoms with Crippen LogP contribution in [-0.2, 0) is 14.8 Å². The first-order valence-corrected chi connectivity index (χ1v) is 11.3. The molecular formula is C20H15BrCl2N2O3S. The third kappa shape index (κ3) is 5.30. The summed E-state index contributed by atoms with van der Waals surface area (Å²) in [7, 11) is -3.99. The van der Waals surface area contributed by atoms with Crippen molar-refractivity contribution in [2.75, 3.05) is 16.2 Å². The van der Waals surface area contributed by atoms with E-state index in [9.17, 15) is 13.2 Å². The van der Waals surface area contributed by atoms with Crippen molar-refractivity contribution in [3.8, 4) is 0 Å². The Morgan fingerprint density at radius 1 is 0.966 bits per heavy atom. The Kier molecular flexibility index (Phi) is 6.85. The van der Waals surface area contributed by atoms with Gasteiger partial charge in [0.15, 0.2) is 0 Å². The van der Waals surface area contributed by atoms with Gasteiger partial charge in [0.2, 0.25) is 5.91 Å². The summed E-state index contributed by atoms with van der Waals surface area (Å²) in [5.41, 5.74) is 0.733. The van der Waals surface area contributed by atoms with Crippen LogP contribution in [0, 0.1) is 0 Å². The number of hydrogen-bond acceptors (Lipinski definition) is 3. The van der Waals surface area contributed by atoms with Gasteiger partial charge in [0.1, 0.15) is 6.54 Å². The van der Waals surface area contributed by atoms with Gasteiger partial charge in [0.25, 0.3) is 10.0 Å². The van der Waals surface area contributed by atoms with Crippen molar-refractivity contribution in [3.05, 3.63) is 87.3 Å². The van der Waals surface area contributed by atoms with Gasteiger partial charge in [-0.1, -0.05) is 47.5 Å². The molecule has 0 spiro atoms. The monoisotopic (exact) mass is 512 g/mol. The summed E-state index contributed by atoms with van der Waals surface area (Å²) in [5, 5.41) is 3.44. The maximum atomic E-state index is 13.2. The molecule has 0 saturated carbocycles. The minimum atomic E-state index is -3.99. The Morgan fingerprint density at radius 3 is 2.34 bits per heavy atom. The van der Waals surface area contributed by atoms with Gasteiger partial charge in [-0.3, -0.25) is 9.10 Å². The van der Waals surface area contributed by atoms with Crippen LogP contribution in [0.2, 0.25) is 10.0 Å². The standard InChI is InChI=1S/C20H15BrCl2N2O3S/c21-18-10-9-15(12-19(18)23)24-20(26)13-25(16-6-4-5-14(22)11-16)29(27,28)17-7-2-1-3-8-17/h1-12H,13H2,(H,24,26). The summed E-state index contributed by atoms with van der Waals surface area (Å²) < 4.78 is 28.1. The number of nitrogens with one attached hydrogen (secondary N) is 1. The number of carbonyl (C=O) groups excluding carboxylic acids is 1. The Morgan fingerprint density at radius 2 is 1.69 bits per heavy atom. The average Bonchev–Trinajstić information content (AvgIpc) is 2.69. The molecule has 150 valence electrons. The van der Waals surface area contributed by atoms with Gasteiger partial charge in [-0.15, -0.1) is 0 Å². The number of hydrogen-bond donors (Lipinski definition) is 1. The number of anilines is 2. The molecule has 3 rings (SSSR count). The van der Waals surface area contributed by atoms with Crippen LogP contribution in [-0.4, -0.2) is 20.9 Å². The van der Waals surface area contributed by atoms with Gasteiger partial charge in [0, 0.05) is 15.2 Å². The van der Waals surface area contributed by atoms with Gasteiger partial charge >= 0.3 is 0 Å². The molecule has 5 nitrogen and oxygen atoms in total. The molecule has 0 atom stereocenters. The fourth-order valence-electron chi connectivity index (χ4n) is 2.57. The minimum Gasteiger partial charge on any atom is -0.324 e. The molecule has 0 saturated heterocycles. The van der Waals surface area contributed by atoms with E-state index in [1.807, 2.05) is 0 Å². The highest BCUT2D eigenvalue weighted by Crippen LogP contribution is 2.27. The van der Waals surface area contributed by atoms with Crippen LogP contribution in [0.3, 0.4) is 0 Å². The van der Waals surface area contributed by atoms with Crippen LogP contribution in [0.5, 0.6) is 0 Å². The first-order valence-electron chi connectivity index (χ1n) is 8.35. The number of nitrogens with zero attached hydrogens (tertiary/aromatic N) is 1. The minimum absolute atomic E-state index is 0.0689. The molecule has 0 bridgehead atoms. The van der Waals surface area contributed by atoms with Gasteiger partial charge in [-0.05, 0) is 64.5 Å². The summed E-state index contributed by atoms with van der Waals surface area (Å²) in [4.78, 5) is 12.7. The maximum absolute atomic E-state index is 13.2. The molecule has 3 aromatic carbocycles. The van der Waals surface area contributed by atoms with Crippen LogP contribution in [0.25, 0.3) is 0 Å². The van der Waals surface area contributed by atoms with E-state index in [0.29, 0.717) is 20.2 Å². The van der Waals surface area contributed by atoms with Crippen molar-refractivity contribution in [1.82, 2.24) is 0 Å². The molecule has 0 heterocycles. The third-order valence-electron chi connectivity index (χ3n) is 3.92. The number of halogens is 3. The molecule has 9 heteroatoms. The average molecular weight is 514 g/mol. The second kappa shape index (κ2) is 9.17. The number of benzene rings is 3. The fraction of sp³-hybridized carbons (Fsp3) is 0.0500. The summed E-state index contributed by atoms with van der Waals surface area (Å²) in [6, 6.07) is 19.1. The summed E-state index contributed by atoms with van der Waals surface area (Å²) in [6.07, 6.45) is 0. The van der Waals surface area contributed by atoms with Crippen LogP contribution in [0.4, 0.5) is 11.4 Å². The quantitative estimate of drug-likeness (QED) is 0.467. The number of sulfonamides is 1. The van der Waals surface area contributed by atoms with E-state index in [4.69, 9.17) is 23.2 Å². The molecule has 0 aliphatic heterocycles. The van der Waals surface area contributed by atoms with Crippen molar-refractivity contribution in [3.63, 3.8) is 0 Å². The van der Waals surface area contributed by atoms with Crippen LogP contribution in [0.15, 0.2) is 82.2 Å². The number of rotatable bonds is 6. The zero-order chi connectivity index (χ0) is 21.0. The lowest BCUT2D eigenvalue weighted by molar-refractivity contribution is -0.114. The second-order valence-corrected chi connectivity index (χ2v) is 9.54. The van der Waals surface area contributed by atoms with Crippen molar-refractivity contribution >= 4 is 66.4 Å². The zero-order valence-electron chi connectivity index (χ0n) is 14.8. The van der Waals surface area contributed by atoms with E-state index in [0.717, 1.165) is 4.31 Å². The molecule has 0 aliphatic rings. The summed E-state index contributed by atoms with van der Waals surface area (Å²) >= 11 is 15.4. The van der Waals surface area contributed by atoms with E-state index in [2.05, 4.69) is 21.2 Å². The second-order valence-electron chi connectivity index (χ2n) is 5.98. The molecule has 0 aromatic heterocycles. The fourth-order valence-corrected chi connectivity index (χ4v) is 4.62. The molecule has 0 unspecified atom stereocenters. The highest BCUT2D eigenvalue weighted by Gasteiger charge is 2.27. The molecule has 29 heavy (non-hydrogen) atoms. The van der Waals surface area contributed by atoms with Crippen LogP contribution >= 0.6 is 39.1 Å². The number of carbonyl (C=O) groups is 1. The highest BCUT2D eigenvalue weighted by molar-refractivity contribution is 9.10. The van der Waals surface area contributed by atoms with Crippen molar-refractivity contribution in [2.24, 2.45) is 0 Å². The molecule has 0 fully saturated rings. The molecule has 3 aromatic rings. The van der Waals surface area contributed by atoms with Gasteiger partial charge in [-0.2, -0.15) is 0 Å². The summed E-state index contributed by atoms with van der Waals surface area (Å²) in [5.74, 6) is -0.525. The Hall–Kier alpha value is -2.06. The lowest BCUT2D eigenvalue weighted by Crippen LogP contribution is -2.38. The molecular weight excluding hydrogens is 499 g/mol. The number of amides is 1. The third-order valence-corrected chi connectivity index (χ3v) is 7.17. The maximum Gasteiger partial charge on any atom is 0.264 e. The molecule has 0 radical (unpaired) electrons. The first kappa shape index (κ1) is 21.6. The molecule has 0 aliphatic carbocycles. The van der Waals surface area contributed by atoms with Crippen molar-refractivity contribution in [2.45, 2.75) is 4.90 Å². The smallest absolute Gasteiger partial charge is 0.264 e. The van der Waals surface area contributed by atoms with Gasteiger partial charge < -0.3 is 5.32 Å². The SMILES string of the molecule is O=C(CN(c1cccc(Cl)c1)S(=O)(=O)c1ccccc1)Nc1ccc(Br)c(Cl)c1. The lowest BCUT2D eigenvalue weighted by Gasteiger charge is -2.24. The van der Waals surface area contributed by atoms with Crippen LogP contribution in [0.1, 0.15) is 0 Å². The topological polar surface area (TPSA) is 66.5 Å². The zero-order valence-corrected chi connectivity index (χ0v) is 18.8. The predicted molar refractivity (Wildman–Crippen MR) is 120 cm³/mol. The predicted octanol–water partition coefficient (Wildman–Crippen LogP) is 5.59. The van der Waals surface area contributed by atoms with Crippen LogP contribution < -0.4 is 9.62 Å². The van der Waals surface area contributed by atoms with E-state index in [1.165, 1.54) is 18.2 Å². The normalized spacial score (nSPS) is 11.1.